The molecule has 0 fully saturated rings. The fourth-order valence-electron chi connectivity index (χ4n) is 1.81. The van der Waals surface area contributed by atoms with Gasteiger partial charge in [0.05, 0.1) is 12.7 Å². The Balaban J connectivity index is 2.60. The second-order valence-corrected chi connectivity index (χ2v) is 4.28. The molecule has 1 unspecified atom stereocenters. The van der Waals surface area contributed by atoms with Gasteiger partial charge < -0.3 is 10.2 Å². The maximum Gasteiger partial charge on any atom is 0.0727 e. The van der Waals surface area contributed by atoms with Crippen molar-refractivity contribution in [1.29, 1.82) is 0 Å². The lowest BCUT2D eigenvalue weighted by Crippen LogP contribution is -2.04. The van der Waals surface area contributed by atoms with Crippen molar-refractivity contribution in [2.75, 3.05) is 6.61 Å². The summed E-state index contributed by atoms with van der Waals surface area (Å²) in [6.07, 6.45) is 5.41. The largest absolute Gasteiger partial charge is 0.392 e. The van der Waals surface area contributed by atoms with Crippen LogP contribution in [-0.2, 0) is 0 Å². The van der Waals surface area contributed by atoms with E-state index < -0.39 is 6.10 Å². The van der Waals surface area contributed by atoms with E-state index in [4.69, 9.17) is 0 Å². The summed E-state index contributed by atoms with van der Waals surface area (Å²) in [4.78, 5) is 0. The number of hydrogen-bond acceptors (Lipinski definition) is 2. The van der Waals surface area contributed by atoms with Crippen LogP contribution in [0, 0.1) is 0 Å². The molecular weight excluding hydrogens is 212 g/mol. The molecule has 0 bridgehead atoms. The Morgan fingerprint density at radius 3 is 2.53 bits per heavy atom. The predicted molar refractivity (Wildman–Crippen MR) is 71.7 cm³/mol. The monoisotopic (exact) mass is 234 g/mol. The van der Waals surface area contributed by atoms with Gasteiger partial charge in [0.1, 0.15) is 0 Å². The Morgan fingerprint density at radius 2 is 1.94 bits per heavy atom. The minimum Gasteiger partial charge on any atom is -0.392 e. The molecule has 0 amide bonds. The average molecular weight is 234 g/mol. The highest BCUT2D eigenvalue weighted by Gasteiger charge is 2.04. The van der Waals surface area contributed by atoms with E-state index in [0.717, 1.165) is 36.8 Å². The zero-order chi connectivity index (χ0) is 12.5. The van der Waals surface area contributed by atoms with E-state index in [-0.39, 0.29) is 6.61 Å². The van der Waals surface area contributed by atoms with Crippen LogP contribution >= 0.6 is 0 Å². The molecular formula is C15H22O2. The molecule has 0 radical (unpaired) electrons. The molecule has 0 spiro atoms. The van der Waals surface area contributed by atoms with Crippen LogP contribution in [0.25, 0.3) is 5.57 Å². The number of hydrogen-bond donors (Lipinski definition) is 2. The summed E-state index contributed by atoms with van der Waals surface area (Å²) in [5.41, 5.74) is 1.78. The first kappa shape index (κ1) is 13.9. The van der Waals surface area contributed by atoms with Crippen LogP contribution in [0.5, 0.6) is 0 Å². The normalized spacial score (nSPS) is 13.7. The maximum atomic E-state index is 9.85. The zero-order valence-electron chi connectivity index (χ0n) is 10.5. The summed E-state index contributed by atoms with van der Waals surface area (Å²) in [5, 5.41) is 19.2. The van der Waals surface area contributed by atoms with Gasteiger partial charge in [0.2, 0.25) is 0 Å². The number of aliphatic hydroxyl groups excluding tert-OH is 2. The number of benzene rings is 1. The van der Waals surface area contributed by atoms with Gasteiger partial charge in [-0.3, -0.25) is 0 Å². The third-order valence-corrected chi connectivity index (χ3v) is 2.81. The number of aliphatic hydroxyl groups is 2. The van der Waals surface area contributed by atoms with E-state index in [0.29, 0.717) is 0 Å². The molecule has 2 nitrogen and oxygen atoms in total. The quantitative estimate of drug-likeness (QED) is 0.712. The van der Waals surface area contributed by atoms with Gasteiger partial charge >= 0.3 is 0 Å². The molecule has 0 aliphatic heterocycles. The van der Waals surface area contributed by atoms with Gasteiger partial charge in [0, 0.05) is 0 Å². The molecule has 94 valence electrons. The third kappa shape index (κ3) is 5.16. The zero-order valence-corrected chi connectivity index (χ0v) is 10.5. The van der Waals surface area contributed by atoms with E-state index in [1.807, 2.05) is 30.3 Å². The van der Waals surface area contributed by atoms with E-state index in [1.165, 1.54) is 0 Å². The summed E-state index contributed by atoms with van der Waals surface area (Å²) >= 11 is 0. The molecule has 1 aromatic rings. The lowest BCUT2D eigenvalue weighted by molar-refractivity contribution is 0.208. The van der Waals surface area contributed by atoms with Crippen molar-refractivity contribution >= 4 is 5.57 Å². The molecule has 2 heteroatoms. The highest BCUT2D eigenvalue weighted by atomic mass is 16.3. The van der Waals surface area contributed by atoms with Gasteiger partial charge in [-0.1, -0.05) is 62.6 Å². The fourth-order valence-corrected chi connectivity index (χ4v) is 1.81. The van der Waals surface area contributed by atoms with E-state index >= 15 is 0 Å². The Bertz CT molecular complexity index is 330. The SMILES string of the molecule is CCCCCC(O)/C=C(\CO)c1ccccc1. The molecule has 1 aromatic carbocycles. The van der Waals surface area contributed by atoms with Crippen LogP contribution in [0.15, 0.2) is 36.4 Å². The van der Waals surface area contributed by atoms with E-state index in [1.54, 1.807) is 6.08 Å². The topological polar surface area (TPSA) is 40.5 Å². The number of rotatable bonds is 7. The van der Waals surface area contributed by atoms with Crippen molar-refractivity contribution in [3.63, 3.8) is 0 Å². The van der Waals surface area contributed by atoms with Crippen molar-refractivity contribution < 1.29 is 10.2 Å². The minimum atomic E-state index is -0.455. The average Bonchev–Trinajstić information content (AvgIpc) is 2.37. The lowest BCUT2D eigenvalue weighted by Gasteiger charge is -2.09. The first-order valence-corrected chi connectivity index (χ1v) is 6.33. The molecule has 0 aromatic heterocycles. The second kappa shape index (κ2) is 8.04. The molecule has 1 rings (SSSR count). The van der Waals surface area contributed by atoms with Gasteiger partial charge in [-0.15, -0.1) is 0 Å². The molecule has 0 heterocycles. The van der Waals surface area contributed by atoms with Crippen molar-refractivity contribution in [1.82, 2.24) is 0 Å². The van der Waals surface area contributed by atoms with Crippen LogP contribution in [0.1, 0.15) is 38.2 Å². The highest BCUT2D eigenvalue weighted by molar-refractivity contribution is 5.66. The molecule has 2 N–H and O–H groups in total. The van der Waals surface area contributed by atoms with E-state index in [9.17, 15) is 10.2 Å². The Labute approximate surface area is 104 Å². The van der Waals surface area contributed by atoms with Gasteiger partial charge in [-0.25, -0.2) is 0 Å². The molecule has 1 atom stereocenters. The minimum absolute atomic E-state index is 0.0329. The number of unbranched alkanes of at least 4 members (excludes halogenated alkanes) is 2. The van der Waals surface area contributed by atoms with Crippen LogP contribution in [0.4, 0.5) is 0 Å². The lowest BCUT2D eigenvalue weighted by atomic mass is 10.0. The summed E-state index contributed by atoms with van der Waals surface area (Å²) in [6, 6.07) is 9.70. The van der Waals surface area contributed by atoms with Crippen molar-refractivity contribution in [2.24, 2.45) is 0 Å². The van der Waals surface area contributed by atoms with Crippen LogP contribution in [0.3, 0.4) is 0 Å². The second-order valence-electron chi connectivity index (χ2n) is 4.28. The first-order chi connectivity index (χ1) is 8.27. The van der Waals surface area contributed by atoms with Crippen LogP contribution in [-0.4, -0.2) is 22.9 Å². The summed E-state index contributed by atoms with van der Waals surface area (Å²) in [5.74, 6) is 0. The van der Waals surface area contributed by atoms with Crippen LogP contribution < -0.4 is 0 Å². The Morgan fingerprint density at radius 1 is 1.24 bits per heavy atom. The molecule has 0 aliphatic carbocycles. The summed E-state index contributed by atoms with van der Waals surface area (Å²) in [6.45, 7) is 2.11. The first-order valence-electron chi connectivity index (χ1n) is 6.33. The molecule has 0 aliphatic rings. The van der Waals surface area contributed by atoms with Crippen LogP contribution in [0.2, 0.25) is 0 Å². The predicted octanol–water partition coefficient (Wildman–Crippen LogP) is 3.00. The van der Waals surface area contributed by atoms with Crippen molar-refractivity contribution in [2.45, 2.75) is 38.7 Å². The molecule has 0 saturated carbocycles. The van der Waals surface area contributed by atoms with Gasteiger partial charge in [-0.2, -0.15) is 0 Å². The highest BCUT2D eigenvalue weighted by Crippen LogP contribution is 2.15. The van der Waals surface area contributed by atoms with Gasteiger partial charge in [0.25, 0.3) is 0 Å². The standard InChI is InChI=1S/C15H22O2/c1-2-3-5-10-15(17)11-14(12-16)13-8-6-4-7-9-13/h4,6-9,11,15-17H,2-3,5,10,12H2,1H3/b14-11+. The summed E-state index contributed by atoms with van der Waals surface area (Å²) in [7, 11) is 0. The van der Waals surface area contributed by atoms with Crippen molar-refractivity contribution in [3.8, 4) is 0 Å². The summed E-state index contributed by atoms with van der Waals surface area (Å²) < 4.78 is 0. The fraction of sp³-hybridized carbons (Fsp3) is 0.467. The third-order valence-electron chi connectivity index (χ3n) is 2.81. The maximum absolute atomic E-state index is 9.85. The van der Waals surface area contributed by atoms with Gasteiger partial charge in [-0.05, 0) is 17.6 Å². The smallest absolute Gasteiger partial charge is 0.0727 e. The van der Waals surface area contributed by atoms with Crippen molar-refractivity contribution in [3.05, 3.63) is 42.0 Å². The van der Waals surface area contributed by atoms with E-state index in [2.05, 4.69) is 6.92 Å². The Hall–Kier alpha value is -1.12. The van der Waals surface area contributed by atoms with Gasteiger partial charge in [0.15, 0.2) is 0 Å². The molecule has 0 saturated heterocycles. The molecule has 17 heavy (non-hydrogen) atoms. The Kier molecular flexibility index (Phi) is 6.60.